The van der Waals surface area contributed by atoms with Crippen molar-refractivity contribution in [3.05, 3.63) is 48.6 Å². The summed E-state index contributed by atoms with van der Waals surface area (Å²) in [6.07, 6.45) is 54.8. The van der Waals surface area contributed by atoms with Gasteiger partial charge in [-0.15, -0.1) is 0 Å². The Balaban J connectivity index is 4.37. The van der Waals surface area contributed by atoms with E-state index in [0.717, 1.165) is 64.2 Å². The zero-order valence-corrected chi connectivity index (χ0v) is 40.8. The van der Waals surface area contributed by atoms with E-state index in [0.29, 0.717) is 17.4 Å². The lowest BCUT2D eigenvalue weighted by molar-refractivity contribution is -0.870. The highest BCUT2D eigenvalue weighted by molar-refractivity contribution is 7.47. The Morgan fingerprint density at radius 2 is 0.967 bits per heavy atom. The fourth-order valence-corrected chi connectivity index (χ4v) is 7.76. The molecule has 8 nitrogen and oxygen atoms in total. The summed E-state index contributed by atoms with van der Waals surface area (Å²) in [5, 5.41) is 13.8. The number of hydrogen-bond acceptors (Lipinski definition) is 5. The van der Waals surface area contributed by atoms with Gasteiger partial charge in [0.15, 0.2) is 0 Å². The molecule has 60 heavy (non-hydrogen) atoms. The summed E-state index contributed by atoms with van der Waals surface area (Å²) < 4.78 is 23.6. The van der Waals surface area contributed by atoms with Gasteiger partial charge in [-0.2, -0.15) is 0 Å². The molecule has 0 rings (SSSR count). The van der Waals surface area contributed by atoms with Crippen molar-refractivity contribution in [2.45, 2.75) is 231 Å². The van der Waals surface area contributed by atoms with Crippen LogP contribution in [0.4, 0.5) is 0 Å². The maximum atomic E-state index is 12.9. The number of carbonyl (C=O) groups is 1. The first-order chi connectivity index (χ1) is 29.0. The third-order valence-corrected chi connectivity index (χ3v) is 12.0. The number of aliphatic hydroxyl groups excluding tert-OH is 1. The van der Waals surface area contributed by atoms with Gasteiger partial charge in [0, 0.05) is 6.42 Å². The van der Waals surface area contributed by atoms with Crippen molar-refractivity contribution in [2.75, 3.05) is 40.9 Å². The molecule has 0 aromatic heterocycles. The molecular weight excluding hydrogens is 768 g/mol. The van der Waals surface area contributed by atoms with E-state index in [4.69, 9.17) is 9.05 Å². The number of phosphoric ester groups is 1. The van der Waals surface area contributed by atoms with Gasteiger partial charge in [-0.1, -0.05) is 197 Å². The van der Waals surface area contributed by atoms with E-state index in [1.165, 1.54) is 135 Å². The summed E-state index contributed by atoms with van der Waals surface area (Å²) >= 11 is 0. The number of hydrogen-bond donors (Lipinski definition) is 3. The molecule has 0 aromatic rings. The SMILES string of the molecule is CCCCC/C=C\C/C=C\CCCCCCCC(=O)NC(COP(=O)(O)OCC[N+](C)(C)C)C(O)/C=C/CC/C=C/CCCCCCCCCCCCCCCCCCC. The van der Waals surface area contributed by atoms with E-state index < -0.39 is 20.0 Å². The quantitative estimate of drug-likeness (QED) is 0.0244. The van der Waals surface area contributed by atoms with Gasteiger partial charge in [0.1, 0.15) is 13.2 Å². The smallest absolute Gasteiger partial charge is 0.387 e. The van der Waals surface area contributed by atoms with Crippen LogP contribution in [0.25, 0.3) is 0 Å². The Bertz CT molecular complexity index is 1120. The molecule has 0 fully saturated rings. The minimum Gasteiger partial charge on any atom is -0.387 e. The average Bonchev–Trinajstić information content (AvgIpc) is 3.20. The number of likely N-dealkylation sites (N-methyl/N-ethyl adjacent to an activating group) is 1. The van der Waals surface area contributed by atoms with Crippen molar-refractivity contribution < 1.29 is 32.9 Å². The monoisotopic (exact) mass is 866 g/mol. The summed E-state index contributed by atoms with van der Waals surface area (Å²) in [4.78, 5) is 23.2. The number of rotatable bonds is 45. The zero-order chi connectivity index (χ0) is 44.3. The molecule has 9 heteroatoms. The molecule has 0 aliphatic heterocycles. The lowest BCUT2D eigenvalue weighted by Crippen LogP contribution is -2.45. The lowest BCUT2D eigenvalue weighted by atomic mass is 10.0. The molecule has 0 radical (unpaired) electrons. The minimum atomic E-state index is -4.35. The van der Waals surface area contributed by atoms with Gasteiger partial charge in [0.05, 0.1) is 39.9 Å². The van der Waals surface area contributed by atoms with E-state index >= 15 is 0 Å². The van der Waals surface area contributed by atoms with Crippen LogP contribution in [0, 0.1) is 0 Å². The van der Waals surface area contributed by atoms with Crippen molar-refractivity contribution in [3.63, 3.8) is 0 Å². The molecule has 3 N–H and O–H groups in total. The van der Waals surface area contributed by atoms with Gasteiger partial charge in [-0.25, -0.2) is 4.57 Å². The molecule has 0 aliphatic carbocycles. The van der Waals surface area contributed by atoms with Crippen molar-refractivity contribution in [3.8, 4) is 0 Å². The Labute approximate surface area is 371 Å². The number of phosphoric acid groups is 1. The number of nitrogens with zero attached hydrogens (tertiary/aromatic N) is 1. The van der Waals surface area contributed by atoms with Crippen molar-refractivity contribution in [1.29, 1.82) is 0 Å². The number of carbonyl (C=O) groups excluding carboxylic acids is 1. The number of allylic oxidation sites excluding steroid dienone is 7. The summed E-state index contributed by atoms with van der Waals surface area (Å²) in [7, 11) is 1.54. The van der Waals surface area contributed by atoms with Crippen LogP contribution in [-0.2, 0) is 18.4 Å². The van der Waals surface area contributed by atoms with Crippen LogP contribution in [0.5, 0.6) is 0 Å². The minimum absolute atomic E-state index is 0.0522. The first-order valence-corrected chi connectivity index (χ1v) is 26.5. The largest absolute Gasteiger partial charge is 0.472 e. The van der Waals surface area contributed by atoms with Crippen LogP contribution in [0.1, 0.15) is 219 Å². The lowest BCUT2D eigenvalue weighted by Gasteiger charge is -2.25. The third kappa shape index (κ3) is 44.5. The molecule has 0 saturated carbocycles. The van der Waals surface area contributed by atoms with E-state index in [9.17, 15) is 19.4 Å². The van der Waals surface area contributed by atoms with E-state index in [2.05, 4.69) is 55.6 Å². The van der Waals surface area contributed by atoms with Crippen LogP contribution < -0.4 is 5.32 Å². The highest BCUT2D eigenvalue weighted by Gasteiger charge is 2.27. The van der Waals surface area contributed by atoms with Crippen molar-refractivity contribution >= 4 is 13.7 Å². The maximum absolute atomic E-state index is 12.9. The molecule has 0 aromatic carbocycles. The molecule has 3 unspecified atom stereocenters. The predicted octanol–water partition coefficient (Wildman–Crippen LogP) is 14.4. The summed E-state index contributed by atoms with van der Waals surface area (Å²) in [5.41, 5.74) is 0. The van der Waals surface area contributed by atoms with Crippen LogP contribution in [0.15, 0.2) is 48.6 Å². The topological polar surface area (TPSA) is 105 Å². The number of quaternary nitrogens is 1. The molecule has 0 bridgehead atoms. The average molecular weight is 866 g/mol. The van der Waals surface area contributed by atoms with Gasteiger partial charge >= 0.3 is 7.82 Å². The standard InChI is InChI=1S/C51H97N2O6P/c1-6-8-10-12-14-16-18-20-22-23-24-25-26-27-28-29-31-32-34-36-38-40-42-44-50(54)49(48-59-60(56,57)58-47-46-53(3,4)5)52-51(55)45-43-41-39-37-35-33-30-21-19-17-15-13-11-9-7-2/h15,17,21,30,34,36,42,44,49-50,54H,6-14,16,18-20,22-29,31-33,35,37-41,43,45-48H2,1-5H3,(H-,52,55,56,57)/p+1/b17-15-,30-21-,36-34+,44-42+. The second-order valence-electron chi connectivity index (χ2n) is 18.2. The molecule has 0 spiro atoms. The molecule has 352 valence electrons. The van der Waals surface area contributed by atoms with Gasteiger partial charge < -0.3 is 19.8 Å². The number of amides is 1. The molecule has 0 aliphatic rings. The molecule has 1 amide bonds. The fourth-order valence-electron chi connectivity index (χ4n) is 7.03. The molecule has 3 atom stereocenters. The second-order valence-corrected chi connectivity index (χ2v) is 19.6. The number of unbranched alkanes of at least 4 members (excludes halogenated alkanes) is 26. The summed E-state index contributed by atoms with van der Waals surface area (Å²) in [5.74, 6) is -0.201. The van der Waals surface area contributed by atoms with Crippen molar-refractivity contribution in [2.24, 2.45) is 0 Å². The highest BCUT2D eigenvalue weighted by atomic mass is 31.2. The zero-order valence-electron chi connectivity index (χ0n) is 39.9. The normalized spacial score (nSPS) is 14.6. The predicted molar refractivity (Wildman–Crippen MR) is 258 cm³/mol. The highest BCUT2D eigenvalue weighted by Crippen LogP contribution is 2.43. The summed E-state index contributed by atoms with van der Waals surface area (Å²) in [6, 6.07) is -0.871. The van der Waals surface area contributed by atoms with Gasteiger partial charge in [-0.3, -0.25) is 13.8 Å². The molecule has 0 heterocycles. The Morgan fingerprint density at radius 3 is 1.47 bits per heavy atom. The number of nitrogens with one attached hydrogen (secondary N) is 1. The third-order valence-electron chi connectivity index (χ3n) is 11.0. The van der Waals surface area contributed by atoms with E-state index in [1.807, 2.05) is 27.2 Å². The van der Waals surface area contributed by atoms with Crippen LogP contribution in [0.3, 0.4) is 0 Å². The van der Waals surface area contributed by atoms with Gasteiger partial charge in [-0.05, 0) is 64.2 Å². The van der Waals surface area contributed by atoms with Crippen LogP contribution >= 0.6 is 7.82 Å². The molecule has 0 saturated heterocycles. The Morgan fingerprint density at radius 1 is 0.567 bits per heavy atom. The fraction of sp³-hybridized carbons (Fsp3) is 0.824. The van der Waals surface area contributed by atoms with Crippen LogP contribution in [-0.4, -0.2) is 73.4 Å². The summed E-state index contributed by atoms with van der Waals surface area (Å²) in [6.45, 7) is 4.76. The van der Waals surface area contributed by atoms with E-state index in [1.54, 1.807) is 6.08 Å². The first kappa shape index (κ1) is 58.5. The van der Waals surface area contributed by atoms with Gasteiger partial charge in [0.25, 0.3) is 0 Å². The van der Waals surface area contributed by atoms with Gasteiger partial charge in [0.2, 0.25) is 5.91 Å². The Hall–Kier alpha value is -1.54. The van der Waals surface area contributed by atoms with Crippen molar-refractivity contribution in [1.82, 2.24) is 5.32 Å². The molecular formula is C51H98N2O6P+. The Kier molecular flexibility index (Phi) is 41.6. The second kappa shape index (κ2) is 42.7. The van der Waals surface area contributed by atoms with E-state index in [-0.39, 0.29) is 19.1 Å². The maximum Gasteiger partial charge on any atom is 0.472 e. The van der Waals surface area contributed by atoms with Crippen LogP contribution in [0.2, 0.25) is 0 Å². The first-order valence-electron chi connectivity index (χ1n) is 25.0. The number of aliphatic hydroxyl groups is 1.